The van der Waals surface area contributed by atoms with Gasteiger partial charge in [0, 0.05) is 0 Å². The minimum absolute atomic E-state index is 0.555. The Hall–Kier alpha value is -0.530. The van der Waals surface area contributed by atoms with Crippen molar-refractivity contribution in [2.45, 2.75) is 18.0 Å². The zero-order valence-electron chi connectivity index (χ0n) is 7.30. The Kier molecular flexibility index (Phi) is 3.42. The monoisotopic (exact) mass is 227 g/mol. The van der Waals surface area contributed by atoms with E-state index in [1.165, 1.54) is 0 Å². The summed E-state index contributed by atoms with van der Waals surface area (Å²) >= 11 is 0. The van der Waals surface area contributed by atoms with Gasteiger partial charge in [0.2, 0.25) is 0 Å². The van der Waals surface area contributed by atoms with Crippen LogP contribution in [0.3, 0.4) is 0 Å². The van der Waals surface area contributed by atoms with Crippen LogP contribution in [-0.4, -0.2) is 43.6 Å². The number of nitrogens with zero attached hydrogens (tertiary/aromatic N) is 1. The van der Waals surface area contributed by atoms with E-state index in [2.05, 4.69) is 0 Å². The highest BCUT2D eigenvalue weighted by atomic mass is 19.4. The van der Waals surface area contributed by atoms with Crippen LogP contribution in [0, 0.1) is 0 Å². The molecule has 0 bridgehead atoms. The van der Waals surface area contributed by atoms with Crippen molar-refractivity contribution >= 4 is 0 Å². The van der Waals surface area contributed by atoms with Crippen LogP contribution in [0.5, 0.6) is 0 Å². The van der Waals surface area contributed by atoms with Gasteiger partial charge in [-0.2, -0.15) is 30.7 Å². The molecule has 0 spiro atoms. The highest BCUT2D eigenvalue weighted by Crippen LogP contribution is 2.46. The third kappa shape index (κ3) is 2.49. The summed E-state index contributed by atoms with van der Waals surface area (Å²) in [4.78, 5) is 0.555. The molecule has 0 fully saturated rings. The minimum Gasteiger partial charge on any atom is -0.303 e. The Balaban J connectivity index is 4.88. The van der Waals surface area contributed by atoms with E-state index in [9.17, 15) is 30.7 Å². The number of alkyl halides is 7. The first-order valence-corrected chi connectivity index (χ1v) is 3.39. The van der Waals surface area contributed by atoms with Crippen molar-refractivity contribution in [2.24, 2.45) is 0 Å². The maximum atomic E-state index is 12.4. The minimum atomic E-state index is -6.24. The number of halogens is 7. The Labute approximate surface area is 75.5 Å². The molecule has 0 heterocycles. The van der Waals surface area contributed by atoms with Gasteiger partial charge in [0.05, 0.1) is 6.54 Å². The van der Waals surface area contributed by atoms with Gasteiger partial charge >= 0.3 is 18.0 Å². The van der Waals surface area contributed by atoms with Gasteiger partial charge in [-0.3, -0.25) is 0 Å². The number of hydrogen-bond acceptors (Lipinski definition) is 1. The largest absolute Gasteiger partial charge is 0.459 e. The van der Waals surface area contributed by atoms with Crippen LogP contribution in [-0.2, 0) is 0 Å². The molecule has 0 saturated carbocycles. The lowest BCUT2D eigenvalue weighted by molar-refractivity contribution is -0.355. The van der Waals surface area contributed by atoms with Crippen molar-refractivity contribution < 1.29 is 30.7 Å². The smallest absolute Gasteiger partial charge is 0.303 e. The second-order valence-corrected chi connectivity index (χ2v) is 3.01. The Bertz CT molecular complexity index is 195. The molecule has 0 aromatic heterocycles. The molecule has 0 atom stereocenters. The van der Waals surface area contributed by atoms with Crippen LogP contribution in [0.25, 0.3) is 0 Å². The van der Waals surface area contributed by atoms with Crippen molar-refractivity contribution in [3.63, 3.8) is 0 Å². The molecule has 0 aromatic carbocycles. The zero-order valence-corrected chi connectivity index (χ0v) is 7.30. The first-order chi connectivity index (χ1) is 5.92. The first kappa shape index (κ1) is 13.5. The third-order valence-corrected chi connectivity index (χ3v) is 1.33. The van der Waals surface area contributed by atoms with Crippen molar-refractivity contribution in [2.75, 3.05) is 20.6 Å². The molecule has 0 amide bonds. The van der Waals surface area contributed by atoms with E-state index in [-0.39, 0.29) is 0 Å². The highest BCUT2D eigenvalue weighted by Gasteiger charge is 2.72. The third-order valence-electron chi connectivity index (χ3n) is 1.33. The lowest BCUT2D eigenvalue weighted by atomic mass is 10.1. The quantitative estimate of drug-likeness (QED) is 0.669. The van der Waals surface area contributed by atoms with Crippen molar-refractivity contribution in [1.29, 1.82) is 0 Å². The maximum absolute atomic E-state index is 12.4. The van der Waals surface area contributed by atoms with Gasteiger partial charge in [-0.15, -0.1) is 0 Å². The molecule has 0 saturated heterocycles. The average Bonchev–Trinajstić information content (AvgIpc) is 1.80. The van der Waals surface area contributed by atoms with Crippen LogP contribution in [0.1, 0.15) is 0 Å². The summed E-state index contributed by atoms with van der Waals surface area (Å²) < 4.78 is 83.8. The fourth-order valence-electron chi connectivity index (χ4n) is 0.704. The van der Waals surface area contributed by atoms with Gasteiger partial charge in [-0.25, -0.2) is 0 Å². The molecule has 8 heteroatoms. The van der Waals surface area contributed by atoms with Crippen molar-refractivity contribution in [3.05, 3.63) is 0 Å². The van der Waals surface area contributed by atoms with Crippen LogP contribution in [0.15, 0.2) is 0 Å². The number of rotatable bonds is 3. The van der Waals surface area contributed by atoms with E-state index >= 15 is 0 Å². The molecule has 86 valence electrons. The van der Waals surface area contributed by atoms with Gasteiger partial charge in [0.1, 0.15) is 0 Å². The van der Waals surface area contributed by atoms with E-state index in [0.717, 1.165) is 14.1 Å². The molecule has 0 unspecified atom stereocenters. The SMILES string of the molecule is CN(C)CC(F)(F)C(F)(F)C(F)(F)F. The summed E-state index contributed by atoms with van der Waals surface area (Å²) in [6.45, 7) is -1.67. The van der Waals surface area contributed by atoms with Crippen LogP contribution >= 0.6 is 0 Å². The summed E-state index contributed by atoms with van der Waals surface area (Å²) in [5, 5.41) is 0. The molecule has 0 aromatic rings. The Morgan fingerprint density at radius 3 is 1.43 bits per heavy atom. The van der Waals surface area contributed by atoms with E-state index in [0.29, 0.717) is 4.90 Å². The molecular formula is C6H8F7N. The lowest BCUT2D eigenvalue weighted by Crippen LogP contribution is -2.56. The van der Waals surface area contributed by atoms with Gasteiger partial charge in [-0.1, -0.05) is 0 Å². The van der Waals surface area contributed by atoms with Crippen molar-refractivity contribution in [3.8, 4) is 0 Å². The van der Waals surface area contributed by atoms with Crippen LogP contribution in [0.4, 0.5) is 30.7 Å². The predicted octanol–water partition coefficient (Wildman–Crippen LogP) is 2.38. The fraction of sp³-hybridized carbons (Fsp3) is 1.00. The predicted molar refractivity (Wildman–Crippen MR) is 34.5 cm³/mol. The fourth-order valence-corrected chi connectivity index (χ4v) is 0.704. The standard InChI is InChI=1S/C6H8F7N/c1-14(2)3-4(7,8)5(9,10)6(11,12)13/h3H2,1-2H3. The topological polar surface area (TPSA) is 3.24 Å². The molecule has 14 heavy (non-hydrogen) atoms. The van der Waals surface area contributed by atoms with Gasteiger partial charge in [-0.05, 0) is 14.1 Å². The van der Waals surface area contributed by atoms with E-state index < -0.39 is 24.6 Å². The summed E-state index contributed by atoms with van der Waals surface area (Å²) in [5.74, 6) is -11.1. The number of hydrogen-bond donors (Lipinski definition) is 0. The molecule has 1 nitrogen and oxygen atoms in total. The molecular weight excluding hydrogens is 219 g/mol. The summed E-state index contributed by atoms with van der Waals surface area (Å²) in [6, 6.07) is 0. The Morgan fingerprint density at radius 2 is 1.21 bits per heavy atom. The van der Waals surface area contributed by atoms with Crippen LogP contribution < -0.4 is 0 Å². The summed E-state index contributed by atoms with van der Waals surface area (Å²) in [6.07, 6.45) is -6.24. The average molecular weight is 227 g/mol. The van der Waals surface area contributed by atoms with Gasteiger partial charge in [0.25, 0.3) is 0 Å². The molecule has 0 aliphatic heterocycles. The lowest BCUT2D eigenvalue weighted by Gasteiger charge is -2.29. The molecule has 0 rings (SSSR count). The van der Waals surface area contributed by atoms with Gasteiger partial charge < -0.3 is 4.90 Å². The molecule has 0 radical (unpaired) electrons. The zero-order chi connectivity index (χ0) is 11.8. The first-order valence-electron chi connectivity index (χ1n) is 3.39. The van der Waals surface area contributed by atoms with Gasteiger partial charge in [0.15, 0.2) is 0 Å². The maximum Gasteiger partial charge on any atom is 0.459 e. The second kappa shape index (κ2) is 3.56. The summed E-state index contributed by atoms with van der Waals surface area (Å²) in [7, 11) is 1.95. The highest BCUT2D eigenvalue weighted by molar-refractivity contribution is 4.92. The normalized spacial score (nSPS) is 15.0. The van der Waals surface area contributed by atoms with E-state index in [1.54, 1.807) is 0 Å². The summed E-state index contributed by atoms with van der Waals surface area (Å²) in [5.41, 5.74) is 0. The van der Waals surface area contributed by atoms with E-state index in [1.807, 2.05) is 0 Å². The second-order valence-electron chi connectivity index (χ2n) is 3.01. The molecule has 0 aliphatic carbocycles. The van der Waals surface area contributed by atoms with E-state index in [4.69, 9.17) is 0 Å². The van der Waals surface area contributed by atoms with Crippen molar-refractivity contribution in [1.82, 2.24) is 4.90 Å². The Morgan fingerprint density at radius 1 is 0.857 bits per heavy atom. The molecule has 0 aliphatic rings. The van der Waals surface area contributed by atoms with Crippen LogP contribution in [0.2, 0.25) is 0 Å². The molecule has 0 N–H and O–H groups in total.